The van der Waals surface area contributed by atoms with E-state index in [1.807, 2.05) is 18.2 Å². The van der Waals surface area contributed by atoms with E-state index < -0.39 is 0 Å². The van der Waals surface area contributed by atoms with Crippen LogP contribution in [0.4, 0.5) is 5.13 Å². The molecular formula is C17H14IN3O3S2. The number of fused-ring (bicyclic) bond motifs is 1. The van der Waals surface area contributed by atoms with Gasteiger partial charge in [0.1, 0.15) is 17.0 Å². The number of hydrogen-bond acceptors (Lipinski definition) is 6. The summed E-state index contributed by atoms with van der Waals surface area (Å²) in [6.45, 7) is 0. The standard InChI is InChI=1S/C17H14IN3O3S2/c1-23-11-7-12(24-2)14-13(8-11)26-17(19-14)21-16(25)20-15(22)9-4-3-5-10(18)6-9/h3-8H,1-2H3,(H2,19,20,21,22,25). The maximum absolute atomic E-state index is 12.3. The normalized spacial score (nSPS) is 10.4. The van der Waals surface area contributed by atoms with Gasteiger partial charge >= 0.3 is 0 Å². The minimum atomic E-state index is -0.277. The van der Waals surface area contributed by atoms with Crippen molar-refractivity contribution in [2.75, 3.05) is 19.5 Å². The number of anilines is 1. The first-order valence-electron chi connectivity index (χ1n) is 7.40. The number of carbonyl (C=O) groups is 1. The average Bonchev–Trinajstić information content (AvgIpc) is 3.02. The van der Waals surface area contributed by atoms with Crippen LogP contribution in [0.5, 0.6) is 11.5 Å². The van der Waals surface area contributed by atoms with E-state index in [0.29, 0.717) is 27.7 Å². The molecule has 1 amide bonds. The lowest BCUT2D eigenvalue weighted by Gasteiger charge is -2.07. The summed E-state index contributed by atoms with van der Waals surface area (Å²) in [5, 5.41) is 6.33. The summed E-state index contributed by atoms with van der Waals surface area (Å²) in [6, 6.07) is 10.9. The van der Waals surface area contributed by atoms with E-state index in [-0.39, 0.29) is 11.0 Å². The van der Waals surface area contributed by atoms with E-state index in [1.54, 1.807) is 32.4 Å². The van der Waals surface area contributed by atoms with Crippen molar-refractivity contribution in [1.82, 2.24) is 10.3 Å². The van der Waals surface area contributed by atoms with Crippen LogP contribution in [0.15, 0.2) is 36.4 Å². The van der Waals surface area contributed by atoms with Crippen molar-refractivity contribution in [2.24, 2.45) is 0 Å². The summed E-state index contributed by atoms with van der Waals surface area (Å²) in [5.74, 6) is 1.01. The van der Waals surface area contributed by atoms with Gasteiger partial charge < -0.3 is 14.8 Å². The Morgan fingerprint density at radius 2 is 2.04 bits per heavy atom. The molecule has 0 bridgehead atoms. The van der Waals surface area contributed by atoms with Crippen molar-refractivity contribution in [3.63, 3.8) is 0 Å². The molecule has 0 spiro atoms. The molecule has 0 saturated heterocycles. The predicted octanol–water partition coefficient (Wildman–Crippen LogP) is 4.04. The molecule has 26 heavy (non-hydrogen) atoms. The molecule has 1 aromatic heterocycles. The van der Waals surface area contributed by atoms with Crippen molar-refractivity contribution in [2.45, 2.75) is 0 Å². The Bertz CT molecular complexity index is 991. The molecule has 134 valence electrons. The highest BCUT2D eigenvalue weighted by atomic mass is 127. The fourth-order valence-corrected chi connectivity index (χ4v) is 3.95. The van der Waals surface area contributed by atoms with Crippen LogP contribution in [-0.2, 0) is 0 Å². The van der Waals surface area contributed by atoms with E-state index in [2.05, 4.69) is 38.2 Å². The number of aromatic nitrogens is 1. The molecule has 0 atom stereocenters. The first-order chi connectivity index (χ1) is 12.5. The van der Waals surface area contributed by atoms with Gasteiger partial charge in [-0.1, -0.05) is 17.4 Å². The van der Waals surface area contributed by atoms with E-state index in [4.69, 9.17) is 21.7 Å². The second-order valence-corrected chi connectivity index (χ2v) is 7.80. The lowest BCUT2D eigenvalue weighted by molar-refractivity contribution is 0.0977. The van der Waals surface area contributed by atoms with Gasteiger partial charge in [-0.05, 0) is 59.1 Å². The van der Waals surface area contributed by atoms with Crippen molar-refractivity contribution in [3.8, 4) is 11.5 Å². The lowest BCUT2D eigenvalue weighted by atomic mass is 10.2. The lowest BCUT2D eigenvalue weighted by Crippen LogP contribution is -2.34. The Hall–Kier alpha value is -1.98. The molecule has 1 heterocycles. The zero-order valence-electron chi connectivity index (χ0n) is 13.8. The van der Waals surface area contributed by atoms with Crippen LogP contribution in [0.2, 0.25) is 0 Å². The molecule has 0 aliphatic carbocycles. The van der Waals surface area contributed by atoms with Crippen molar-refractivity contribution in [3.05, 3.63) is 45.5 Å². The zero-order chi connectivity index (χ0) is 18.7. The molecule has 0 radical (unpaired) electrons. The third-order valence-corrected chi connectivity index (χ3v) is 5.22. The Balaban J connectivity index is 1.76. The number of thiazole rings is 1. The van der Waals surface area contributed by atoms with Gasteiger partial charge in [-0.2, -0.15) is 0 Å². The number of halogens is 1. The molecule has 6 nitrogen and oxygen atoms in total. The zero-order valence-corrected chi connectivity index (χ0v) is 17.6. The number of carbonyl (C=O) groups excluding carboxylic acids is 1. The quantitative estimate of drug-likeness (QED) is 0.417. The number of methoxy groups -OCH3 is 2. The smallest absolute Gasteiger partial charge is 0.257 e. The number of hydrogen-bond donors (Lipinski definition) is 2. The fraction of sp³-hybridized carbons (Fsp3) is 0.118. The van der Waals surface area contributed by atoms with Crippen molar-refractivity contribution < 1.29 is 14.3 Å². The molecule has 0 saturated carbocycles. The van der Waals surface area contributed by atoms with Gasteiger partial charge in [0.05, 0.1) is 18.9 Å². The summed E-state index contributed by atoms with van der Waals surface area (Å²) >= 11 is 8.77. The molecule has 0 aliphatic heterocycles. The highest BCUT2D eigenvalue weighted by Gasteiger charge is 2.14. The number of amides is 1. The summed E-state index contributed by atoms with van der Waals surface area (Å²) < 4.78 is 12.5. The number of rotatable bonds is 4. The summed E-state index contributed by atoms with van der Waals surface area (Å²) in [5.41, 5.74) is 1.24. The van der Waals surface area contributed by atoms with Crippen LogP contribution in [0, 0.1) is 3.57 Å². The summed E-state index contributed by atoms with van der Waals surface area (Å²) in [6.07, 6.45) is 0. The summed E-state index contributed by atoms with van der Waals surface area (Å²) in [7, 11) is 3.17. The molecule has 9 heteroatoms. The van der Waals surface area contributed by atoms with Gasteiger partial charge in [0.25, 0.3) is 5.91 Å². The topological polar surface area (TPSA) is 72.5 Å². The molecule has 0 aliphatic rings. The van der Waals surface area contributed by atoms with E-state index in [9.17, 15) is 4.79 Å². The van der Waals surface area contributed by atoms with Crippen molar-refractivity contribution >= 4 is 72.5 Å². The Morgan fingerprint density at radius 1 is 1.23 bits per heavy atom. The van der Waals surface area contributed by atoms with Crippen LogP contribution >= 0.6 is 46.1 Å². The third-order valence-electron chi connectivity index (χ3n) is 3.42. The second-order valence-electron chi connectivity index (χ2n) is 5.11. The van der Waals surface area contributed by atoms with E-state index >= 15 is 0 Å². The predicted molar refractivity (Wildman–Crippen MR) is 116 cm³/mol. The highest BCUT2D eigenvalue weighted by molar-refractivity contribution is 14.1. The third kappa shape index (κ3) is 4.22. The number of thiocarbonyl (C=S) groups is 1. The number of nitrogens with one attached hydrogen (secondary N) is 2. The van der Waals surface area contributed by atoms with Gasteiger partial charge in [-0.3, -0.25) is 10.1 Å². The van der Waals surface area contributed by atoms with Crippen LogP contribution < -0.4 is 20.1 Å². The second kappa shape index (κ2) is 8.14. The van der Waals surface area contributed by atoms with E-state index in [1.165, 1.54) is 11.3 Å². The fourth-order valence-electron chi connectivity index (χ4n) is 2.24. The summed E-state index contributed by atoms with van der Waals surface area (Å²) in [4.78, 5) is 16.7. The van der Waals surface area contributed by atoms with Gasteiger partial charge in [0, 0.05) is 15.2 Å². The molecule has 3 aromatic rings. The molecule has 0 unspecified atom stereocenters. The molecule has 2 N–H and O–H groups in total. The van der Waals surface area contributed by atoms with Gasteiger partial charge in [0.2, 0.25) is 0 Å². The number of benzene rings is 2. The molecule has 2 aromatic carbocycles. The maximum atomic E-state index is 12.3. The van der Waals surface area contributed by atoms with Crippen molar-refractivity contribution in [1.29, 1.82) is 0 Å². The molecular weight excluding hydrogens is 485 g/mol. The largest absolute Gasteiger partial charge is 0.497 e. The Kier molecular flexibility index (Phi) is 5.89. The first-order valence-corrected chi connectivity index (χ1v) is 9.71. The SMILES string of the molecule is COc1cc(OC)c2nc(NC(=S)NC(=O)c3cccc(I)c3)sc2c1. The highest BCUT2D eigenvalue weighted by Crippen LogP contribution is 2.36. The van der Waals surface area contributed by atoms with Gasteiger partial charge in [0.15, 0.2) is 10.2 Å². The van der Waals surface area contributed by atoms with Crippen LogP contribution in [0.1, 0.15) is 10.4 Å². The molecule has 3 rings (SSSR count). The van der Waals surface area contributed by atoms with Crippen LogP contribution in [0.3, 0.4) is 0 Å². The first kappa shape index (κ1) is 18.8. The minimum absolute atomic E-state index is 0.179. The molecule has 0 fully saturated rings. The van der Waals surface area contributed by atoms with Gasteiger partial charge in [-0.25, -0.2) is 4.98 Å². The van der Waals surface area contributed by atoms with Crippen LogP contribution in [-0.4, -0.2) is 30.2 Å². The minimum Gasteiger partial charge on any atom is -0.497 e. The monoisotopic (exact) mass is 499 g/mol. The Morgan fingerprint density at radius 3 is 2.73 bits per heavy atom. The van der Waals surface area contributed by atoms with E-state index in [0.717, 1.165) is 8.27 Å². The van der Waals surface area contributed by atoms with Crippen LogP contribution in [0.25, 0.3) is 10.2 Å². The number of nitrogens with zero attached hydrogens (tertiary/aromatic N) is 1. The van der Waals surface area contributed by atoms with Gasteiger partial charge in [-0.15, -0.1) is 0 Å². The number of ether oxygens (including phenoxy) is 2. The average molecular weight is 499 g/mol. The Labute approximate surface area is 173 Å². The maximum Gasteiger partial charge on any atom is 0.257 e.